The fourth-order valence-corrected chi connectivity index (χ4v) is 3.56. The van der Waals surface area contributed by atoms with Crippen molar-refractivity contribution in [1.82, 2.24) is 9.78 Å². The third-order valence-electron chi connectivity index (χ3n) is 4.45. The topological polar surface area (TPSA) is 29.9 Å². The van der Waals surface area contributed by atoms with Crippen LogP contribution in [0.5, 0.6) is 0 Å². The minimum Gasteiger partial charge on any atom is -0.369 e. The van der Waals surface area contributed by atoms with Crippen LogP contribution in [0.2, 0.25) is 10.0 Å². The standard InChI is InChI=1S/C19H17Cl2N3/c1-12-6-7-14(20)11-18(12)24-19-15(8-9-22-19)17(23-24)10-13-4-2-3-5-16(13)21/h2-7,11,22H,8-10H2,1H3. The predicted octanol–water partition coefficient (Wildman–Crippen LogP) is 5.05. The summed E-state index contributed by atoms with van der Waals surface area (Å²) in [6, 6.07) is 13.8. The Balaban J connectivity index is 1.81. The van der Waals surface area contributed by atoms with Crippen LogP contribution in [0.3, 0.4) is 0 Å². The second-order valence-electron chi connectivity index (χ2n) is 6.06. The molecular formula is C19H17Cl2N3. The van der Waals surface area contributed by atoms with E-state index in [0.717, 1.165) is 52.7 Å². The van der Waals surface area contributed by atoms with E-state index in [1.807, 2.05) is 41.1 Å². The smallest absolute Gasteiger partial charge is 0.133 e. The number of aryl methyl sites for hydroxylation is 1. The second kappa shape index (κ2) is 6.15. The summed E-state index contributed by atoms with van der Waals surface area (Å²) in [4.78, 5) is 0. The Bertz CT molecular complexity index is 915. The van der Waals surface area contributed by atoms with E-state index in [4.69, 9.17) is 28.3 Å². The summed E-state index contributed by atoms with van der Waals surface area (Å²) in [5, 5.41) is 9.83. The highest BCUT2D eigenvalue weighted by atomic mass is 35.5. The van der Waals surface area contributed by atoms with Crippen molar-refractivity contribution < 1.29 is 0 Å². The molecule has 0 bridgehead atoms. The second-order valence-corrected chi connectivity index (χ2v) is 6.91. The van der Waals surface area contributed by atoms with Gasteiger partial charge in [-0.25, -0.2) is 4.68 Å². The molecule has 0 fully saturated rings. The maximum atomic E-state index is 6.33. The van der Waals surface area contributed by atoms with Crippen molar-refractivity contribution in [2.75, 3.05) is 11.9 Å². The molecule has 0 atom stereocenters. The molecule has 0 saturated carbocycles. The molecular weight excluding hydrogens is 341 g/mol. The van der Waals surface area contributed by atoms with Crippen LogP contribution in [0.1, 0.15) is 22.4 Å². The lowest BCUT2D eigenvalue weighted by atomic mass is 10.1. The van der Waals surface area contributed by atoms with Crippen molar-refractivity contribution in [3.05, 3.63) is 74.9 Å². The largest absolute Gasteiger partial charge is 0.369 e. The van der Waals surface area contributed by atoms with Gasteiger partial charge in [-0.1, -0.05) is 47.5 Å². The predicted molar refractivity (Wildman–Crippen MR) is 99.8 cm³/mol. The molecule has 0 saturated heterocycles. The van der Waals surface area contributed by atoms with E-state index >= 15 is 0 Å². The van der Waals surface area contributed by atoms with Gasteiger partial charge < -0.3 is 5.32 Å². The quantitative estimate of drug-likeness (QED) is 0.710. The average molecular weight is 358 g/mol. The molecule has 1 aromatic heterocycles. The third-order valence-corrected chi connectivity index (χ3v) is 5.05. The number of nitrogens with zero attached hydrogens (tertiary/aromatic N) is 2. The van der Waals surface area contributed by atoms with Gasteiger partial charge >= 0.3 is 0 Å². The molecule has 3 aromatic rings. The Morgan fingerprint density at radius 1 is 1.17 bits per heavy atom. The normalized spacial score (nSPS) is 13.0. The first-order chi connectivity index (χ1) is 11.6. The molecule has 0 aliphatic carbocycles. The lowest BCUT2D eigenvalue weighted by Crippen LogP contribution is -2.06. The van der Waals surface area contributed by atoms with Crippen molar-refractivity contribution in [2.45, 2.75) is 19.8 Å². The van der Waals surface area contributed by atoms with E-state index < -0.39 is 0 Å². The number of fused-ring (bicyclic) bond motifs is 1. The van der Waals surface area contributed by atoms with Gasteiger partial charge in [0.25, 0.3) is 0 Å². The summed E-state index contributed by atoms with van der Waals surface area (Å²) in [5.74, 6) is 1.07. The summed E-state index contributed by atoms with van der Waals surface area (Å²) in [6.07, 6.45) is 1.71. The van der Waals surface area contributed by atoms with Crippen molar-refractivity contribution in [3.63, 3.8) is 0 Å². The lowest BCUT2D eigenvalue weighted by molar-refractivity contribution is 0.835. The molecule has 0 amide bonds. The molecule has 4 rings (SSSR count). The number of hydrogen-bond donors (Lipinski definition) is 1. The molecule has 3 nitrogen and oxygen atoms in total. The summed E-state index contributed by atoms with van der Waals surface area (Å²) in [6.45, 7) is 3.00. The zero-order valence-electron chi connectivity index (χ0n) is 13.3. The van der Waals surface area contributed by atoms with Crippen LogP contribution in [0.4, 0.5) is 5.82 Å². The number of halogens is 2. The van der Waals surface area contributed by atoms with Crippen LogP contribution in [0, 0.1) is 6.92 Å². The number of rotatable bonds is 3. The molecule has 0 unspecified atom stereocenters. The molecule has 2 heterocycles. The van der Waals surface area contributed by atoms with Gasteiger partial charge in [0.2, 0.25) is 0 Å². The maximum absolute atomic E-state index is 6.33. The zero-order chi connectivity index (χ0) is 16.7. The van der Waals surface area contributed by atoms with Gasteiger partial charge in [-0.3, -0.25) is 0 Å². The van der Waals surface area contributed by atoms with Gasteiger partial charge in [0.15, 0.2) is 0 Å². The Labute approximate surface area is 151 Å². The van der Waals surface area contributed by atoms with Crippen molar-refractivity contribution >= 4 is 29.0 Å². The van der Waals surface area contributed by atoms with Gasteiger partial charge in [-0.2, -0.15) is 5.10 Å². The average Bonchev–Trinajstić information content (AvgIpc) is 3.16. The van der Waals surface area contributed by atoms with Gasteiger partial charge in [-0.15, -0.1) is 0 Å². The number of nitrogens with one attached hydrogen (secondary N) is 1. The van der Waals surface area contributed by atoms with E-state index in [0.29, 0.717) is 5.02 Å². The maximum Gasteiger partial charge on any atom is 0.133 e. The first kappa shape index (κ1) is 15.6. The fourth-order valence-electron chi connectivity index (χ4n) is 3.20. The summed E-state index contributed by atoms with van der Waals surface area (Å²) < 4.78 is 1.98. The molecule has 0 spiro atoms. The molecule has 1 aliphatic heterocycles. The van der Waals surface area contributed by atoms with Crippen LogP contribution in [-0.4, -0.2) is 16.3 Å². The first-order valence-electron chi connectivity index (χ1n) is 7.98. The van der Waals surface area contributed by atoms with Gasteiger partial charge in [-0.05, 0) is 42.7 Å². The van der Waals surface area contributed by atoms with E-state index in [1.165, 1.54) is 5.56 Å². The molecule has 0 radical (unpaired) electrons. The Kier molecular flexibility index (Phi) is 3.99. The van der Waals surface area contributed by atoms with E-state index in [-0.39, 0.29) is 0 Å². The zero-order valence-corrected chi connectivity index (χ0v) is 14.8. The minimum atomic E-state index is 0.713. The Morgan fingerprint density at radius 3 is 2.83 bits per heavy atom. The highest BCUT2D eigenvalue weighted by Gasteiger charge is 2.24. The Morgan fingerprint density at radius 2 is 2.00 bits per heavy atom. The minimum absolute atomic E-state index is 0.713. The van der Waals surface area contributed by atoms with Crippen molar-refractivity contribution in [2.24, 2.45) is 0 Å². The molecule has 122 valence electrons. The van der Waals surface area contributed by atoms with Crippen LogP contribution >= 0.6 is 23.2 Å². The summed E-state index contributed by atoms with van der Waals surface area (Å²) in [5.41, 5.74) is 5.60. The SMILES string of the molecule is Cc1ccc(Cl)cc1-n1nc(Cc2ccccc2Cl)c2c1NCC2. The highest BCUT2D eigenvalue weighted by Crippen LogP contribution is 2.32. The Hall–Kier alpha value is -1.97. The lowest BCUT2D eigenvalue weighted by Gasteiger charge is -2.10. The molecule has 5 heteroatoms. The van der Waals surface area contributed by atoms with Gasteiger partial charge in [0, 0.05) is 28.6 Å². The fraction of sp³-hybridized carbons (Fsp3) is 0.211. The molecule has 1 N–H and O–H groups in total. The van der Waals surface area contributed by atoms with Crippen LogP contribution in [0.25, 0.3) is 5.69 Å². The monoisotopic (exact) mass is 357 g/mol. The number of aromatic nitrogens is 2. The van der Waals surface area contributed by atoms with E-state index in [2.05, 4.69) is 18.3 Å². The van der Waals surface area contributed by atoms with E-state index in [9.17, 15) is 0 Å². The number of benzene rings is 2. The van der Waals surface area contributed by atoms with Crippen LogP contribution in [-0.2, 0) is 12.8 Å². The van der Waals surface area contributed by atoms with Gasteiger partial charge in [0.1, 0.15) is 5.82 Å². The first-order valence-corrected chi connectivity index (χ1v) is 8.73. The molecule has 1 aliphatic rings. The third kappa shape index (κ3) is 2.68. The van der Waals surface area contributed by atoms with E-state index in [1.54, 1.807) is 0 Å². The number of hydrogen-bond acceptors (Lipinski definition) is 2. The van der Waals surface area contributed by atoms with Crippen LogP contribution < -0.4 is 5.32 Å². The van der Waals surface area contributed by atoms with Crippen LogP contribution in [0.15, 0.2) is 42.5 Å². The highest BCUT2D eigenvalue weighted by molar-refractivity contribution is 6.31. The van der Waals surface area contributed by atoms with Gasteiger partial charge in [0.05, 0.1) is 11.4 Å². The number of anilines is 1. The van der Waals surface area contributed by atoms with Crippen molar-refractivity contribution in [3.8, 4) is 5.69 Å². The summed E-state index contributed by atoms with van der Waals surface area (Å²) >= 11 is 12.5. The van der Waals surface area contributed by atoms with Crippen molar-refractivity contribution in [1.29, 1.82) is 0 Å². The molecule has 24 heavy (non-hydrogen) atoms. The molecule has 2 aromatic carbocycles. The summed E-state index contributed by atoms with van der Waals surface area (Å²) in [7, 11) is 0.